The molecular weight excluding hydrogens is 187 g/mol. The maximum atomic E-state index is 11.8. The molecule has 0 bridgehead atoms. The Kier molecular flexibility index (Phi) is 5.74. The fourth-order valence-corrected chi connectivity index (χ4v) is 1.15. The number of hydrogen-bond donors (Lipinski definition) is 1. The topological polar surface area (TPSA) is 12.0 Å². The summed E-state index contributed by atoms with van der Waals surface area (Å²) in [6.07, 6.45) is -2.87. The molecule has 0 amide bonds. The Balaban J connectivity index is 3.40. The fraction of sp³-hybridized carbons (Fsp3) is 1.00. The SMILES string of the molecule is CSCCNC(C)CC(F)(F)F. The first-order valence-corrected chi connectivity index (χ1v) is 5.14. The molecule has 0 saturated heterocycles. The van der Waals surface area contributed by atoms with Gasteiger partial charge in [-0.2, -0.15) is 24.9 Å². The van der Waals surface area contributed by atoms with E-state index < -0.39 is 18.6 Å². The molecule has 0 aromatic rings. The smallest absolute Gasteiger partial charge is 0.313 e. The van der Waals surface area contributed by atoms with Crippen molar-refractivity contribution in [1.29, 1.82) is 0 Å². The van der Waals surface area contributed by atoms with Crippen LogP contribution in [0.5, 0.6) is 0 Å². The van der Waals surface area contributed by atoms with Crippen molar-refractivity contribution in [3.63, 3.8) is 0 Å². The van der Waals surface area contributed by atoms with E-state index in [1.807, 2.05) is 6.26 Å². The predicted molar refractivity (Wildman–Crippen MR) is 46.5 cm³/mol. The molecule has 0 aromatic carbocycles. The number of rotatable bonds is 5. The molecule has 0 heterocycles. The molecule has 0 aliphatic rings. The van der Waals surface area contributed by atoms with Crippen molar-refractivity contribution in [2.45, 2.75) is 25.6 Å². The molecule has 1 unspecified atom stereocenters. The second kappa shape index (κ2) is 5.70. The highest BCUT2D eigenvalue weighted by molar-refractivity contribution is 7.98. The van der Waals surface area contributed by atoms with Gasteiger partial charge in [0.2, 0.25) is 0 Å². The van der Waals surface area contributed by atoms with Gasteiger partial charge in [0, 0.05) is 18.3 Å². The third kappa shape index (κ3) is 8.20. The first-order chi connectivity index (χ1) is 5.45. The summed E-state index contributed by atoms with van der Waals surface area (Å²) in [7, 11) is 0. The van der Waals surface area contributed by atoms with E-state index >= 15 is 0 Å². The zero-order valence-electron chi connectivity index (χ0n) is 7.24. The van der Waals surface area contributed by atoms with Gasteiger partial charge in [-0.05, 0) is 13.2 Å². The van der Waals surface area contributed by atoms with Crippen LogP contribution in [0.1, 0.15) is 13.3 Å². The van der Waals surface area contributed by atoms with Gasteiger partial charge in [-0.15, -0.1) is 0 Å². The van der Waals surface area contributed by atoms with Crippen LogP contribution in [0.3, 0.4) is 0 Å². The lowest BCUT2D eigenvalue weighted by Gasteiger charge is -2.14. The van der Waals surface area contributed by atoms with Crippen LogP contribution in [0.4, 0.5) is 13.2 Å². The molecule has 0 fully saturated rings. The van der Waals surface area contributed by atoms with Crippen molar-refractivity contribution in [3.8, 4) is 0 Å². The minimum absolute atomic E-state index is 0.475. The lowest BCUT2D eigenvalue weighted by Crippen LogP contribution is -2.32. The number of alkyl halides is 3. The molecule has 0 radical (unpaired) electrons. The summed E-state index contributed by atoms with van der Waals surface area (Å²) in [6, 6.07) is -0.475. The van der Waals surface area contributed by atoms with E-state index in [4.69, 9.17) is 0 Å². The molecule has 0 aliphatic carbocycles. The van der Waals surface area contributed by atoms with E-state index in [-0.39, 0.29) is 0 Å². The zero-order valence-corrected chi connectivity index (χ0v) is 8.06. The van der Waals surface area contributed by atoms with E-state index in [9.17, 15) is 13.2 Å². The van der Waals surface area contributed by atoms with Crippen molar-refractivity contribution < 1.29 is 13.2 Å². The van der Waals surface area contributed by atoms with Crippen molar-refractivity contribution in [1.82, 2.24) is 5.32 Å². The van der Waals surface area contributed by atoms with Crippen LogP contribution in [-0.2, 0) is 0 Å². The summed E-state index contributed by atoms with van der Waals surface area (Å²) in [5, 5.41) is 2.80. The van der Waals surface area contributed by atoms with Gasteiger partial charge in [-0.25, -0.2) is 0 Å². The fourth-order valence-electron chi connectivity index (χ4n) is 0.827. The Labute approximate surface area is 75.1 Å². The second-order valence-corrected chi connectivity index (χ2v) is 3.65. The summed E-state index contributed by atoms with van der Waals surface area (Å²) in [5.41, 5.74) is 0. The molecule has 0 aromatic heterocycles. The quantitative estimate of drug-likeness (QED) is 0.685. The van der Waals surface area contributed by atoms with Crippen molar-refractivity contribution >= 4 is 11.8 Å². The van der Waals surface area contributed by atoms with Gasteiger partial charge in [0.05, 0.1) is 6.42 Å². The predicted octanol–water partition coefficient (Wildman–Crippen LogP) is 2.28. The van der Waals surface area contributed by atoms with Crippen molar-refractivity contribution in [3.05, 3.63) is 0 Å². The Morgan fingerprint density at radius 3 is 2.42 bits per heavy atom. The van der Waals surface area contributed by atoms with E-state index in [1.165, 1.54) is 0 Å². The molecule has 12 heavy (non-hydrogen) atoms. The second-order valence-electron chi connectivity index (χ2n) is 2.67. The summed E-state index contributed by atoms with van der Waals surface area (Å²) in [5.74, 6) is 0.849. The summed E-state index contributed by atoms with van der Waals surface area (Å²) >= 11 is 1.62. The van der Waals surface area contributed by atoms with Crippen LogP contribution in [0.15, 0.2) is 0 Å². The maximum absolute atomic E-state index is 11.8. The first kappa shape index (κ1) is 12.1. The Morgan fingerprint density at radius 2 is 2.00 bits per heavy atom. The Morgan fingerprint density at radius 1 is 1.42 bits per heavy atom. The molecular formula is C7H14F3NS. The lowest BCUT2D eigenvalue weighted by molar-refractivity contribution is -0.138. The third-order valence-corrected chi connectivity index (χ3v) is 1.95. The number of halogens is 3. The van der Waals surface area contributed by atoms with E-state index in [0.717, 1.165) is 5.75 Å². The van der Waals surface area contributed by atoms with Gasteiger partial charge in [0.25, 0.3) is 0 Å². The highest BCUT2D eigenvalue weighted by atomic mass is 32.2. The molecule has 0 saturated carbocycles. The minimum atomic E-state index is -4.05. The zero-order chi connectivity index (χ0) is 9.61. The molecule has 0 rings (SSSR count). The molecule has 74 valence electrons. The Bertz CT molecular complexity index is 116. The standard InChI is InChI=1S/C7H14F3NS/c1-6(5-7(8,9)10)11-3-4-12-2/h6,11H,3-5H2,1-2H3. The Hall–Kier alpha value is 0.100. The van der Waals surface area contributed by atoms with Crippen molar-refractivity contribution in [2.75, 3.05) is 18.6 Å². The molecule has 0 aliphatic heterocycles. The summed E-state index contributed by atoms with van der Waals surface area (Å²) in [4.78, 5) is 0. The minimum Gasteiger partial charge on any atom is -0.313 e. The van der Waals surface area contributed by atoms with Crippen molar-refractivity contribution in [2.24, 2.45) is 0 Å². The van der Waals surface area contributed by atoms with Gasteiger partial charge < -0.3 is 5.32 Å². The largest absolute Gasteiger partial charge is 0.390 e. The molecule has 0 spiro atoms. The van der Waals surface area contributed by atoms with Crippen LogP contribution in [0, 0.1) is 0 Å². The maximum Gasteiger partial charge on any atom is 0.390 e. The normalized spacial score (nSPS) is 14.8. The average Bonchev–Trinajstić information content (AvgIpc) is 1.84. The third-order valence-electron chi connectivity index (χ3n) is 1.34. The highest BCUT2D eigenvalue weighted by Gasteiger charge is 2.29. The van der Waals surface area contributed by atoms with Crippen LogP contribution in [0.25, 0.3) is 0 Å². The molecule has 1 atom stereocenters. The van der Waals surface area contributed by atoms with Gasteiger partial charge in [-0.1, -0.05) is 0 Å². The van der Waals surface area contributed by atoms with Gasteiger partial charge in [0.1, 0.15) is 0 Å². The van der Waals surface area contributed by atoms with E-state index in [2.05, 4.69) is 5.32 Å². The van der Waals surface area contributed by atoms with Crippen LogP contribution < -0.4 is 5.32 Å². The summed E-state index contributed by atoms with van der Waals surface area (Å²) < 4.78 is 35.3. The lowest BCUT2D eigenvalue weighted by atomic mass is 10.2. The number of hydrogen-bond acceptors (Lipinski definition) is 2. The average molecular weight is 201 g/mol. The van der Waals surface area contributed by atoms with E-state index in [1.54, 1.807) is 18.7 Å². The van der Waals surface area contributed by atoms with Crippen LogP contribution in [-0.4, -0.2) is 30.8 Å². The van der Waals surface area contributed by atoms with Crippen LogP contribution >= 0.6 is 11.8 Å². The molecule has 1 nitrogen and oxygen atoms in total. The highest BCUT2D eigenvalue weighted by Crippen LogP contribution is 2.21. The first-order valence-electron chi connectivity index (χ1n) is 3.75. The van der Waals surface area contributed by atoms with E-state index in [0.29, 0.717) is 6.54 Å². The van der Waals surface area contributed by atoms with Gasteiger partial charge in [0.15, 0.2) is 0 Å². The van der Waals surface area contributed by atoms with Gasteiger partial charge >= 0.3 is 6.18 Å². The molecule has 5 heteroatoms. The monoisotopic (exact) mass is 201 g/mol. The van der Waals surface area contributed by atoms with Gasteiger partial charge in [-0.3, -0.25) is 0 Å². The number of nitrogens with one attached hydrogen (secondary N) is 1. The summed E-state index contributed by atoms with van der Waals surface area (Å²) in [6.45, 7) is 2.19. The van der Waals surface area contributed by atoms with Crippen LogP contribution in [0.2, 0.25) is 0 Å². The number of thioether (sulfide) groups is 1. The molecule has 1 N–H and O–H groups in total.